The lowest BCUT2D eigenvalue weighted by molar-refractivity contribution is 0.257. The molecule has 0 amide bonds. The van der Waals surface area contributed by atoms with Crippen molar-refractivity contribution in [2.45, 2.75) is 182 Å². The molecular formula is C112H132N6O20S6. The lowest BCUT2D eigenvalue weighted by atomic mass is 10.0. The molecule has 7 N–H and O–H groups in total. The Morgan fingerprint density at radius 1 is 0.257 bits per heavy atom. The standard InChI is InChI=1S/C20H23NO3S.C19H23NO4S.C19H23NO3S.C18H21NO4S.2C18H21NO3S/c1-13-7-10-19(14(2)11-13)24-12-17-16(15-8-9-15)5-4-6-18(17)21(22)20(25)23-3;1-5-23-18-8-6-7-16(20(21)19(25)22-4)15(18)12-24-17-10-9-13(2)11-14(17)3;1-5-15-7-6-8-17(20(21)19(24)22-4)16(15)12-23-18-10-9-13(2)11-14(18)3;1-12-7-8-17(13(2)9-12)23-11-15-14(10-20)5-4-6-16(15)19(21)18(24)22-3;2*1-12-8-9-17(14(3)10-12)22-11-15-13(2)6-5-7-16(15)19(20)18(23)21-4/h4-7,10-11,15,22H,8-9,12H2,1-3H3;6-11,21H,5,12H2,1-4H3;6-11,21H,5,12H2,1-4H3;4-9,20-21H,10-11H2,1-3H3;2*5-10,20H,11H2,1-4H3. The van der Waals surface area contributed by atoms with Crippen LogP contribution in [0, 0.1) is 96.9 Å². The molecule has 0 aromatic heterocycles. The van der Waals surface area contributed by atoms with Gasteiger partial charge in [-0.05, 0) is 342 Å². The Hall–Kier alpha value is -12.9. The second-order valence-electron chi connectivity index (χ2n) is 33.8. The fourth-order valence-electron chi connectivity index (χ4n) is 15.3. The van der Waals surface area contributed by atoms with Gasteiger partial charge >= 0.3 is 0 Å². The van der Waals surface area contributed by atoms with Crippen molar-refractivity contribution in [3.8, 4) is 40.2 Å². The third-order valence-electron chi connectivity index (χ3n) is 23.1. The molecule has 1 aliphatic carbocycles. The highest BCUT2D eigenvalue weighted by atomic mass is 32.1. The van der Waals surface area contributed by atoms with Gasteiger partial charge in [-0.25, -0.2) is 0 Å². The van der Waals surface area contributed by atoms with Gasteiger partial charge in [-0.3, -0.25) is 31.2 Å². The first kappa shape index (κ1) is 116. The van der Waals surface area contributed by atoms with Gasteiger partial charge in [-0.2, -0.15) is 30.4 Å². The van der Waals surface area contributed by atoms with Gasteiger partial charge in [0.25, 0.3) is 31.0 Å². The van der Waals surface area contributed by atoms with Crippen molar-refractivity contribution >= 4 is 138 Å². The van der Waals surface area contributed by atoms with Crippen molar-refractivity contribution in [1.82, 2.24) is 0 Å². The summed E-state index contributed by atoms with van der Waals surface area (Å²) in [6.07, 6.45) is 3.16. The van der Waals surface area contributed by atoms with Crippen molar-refractivity contribution in [2.75, 3.05) is 79.6 Å². The molecule has 12 aromatic rings. The topological polar surface area (TPSA) is 281 Å². The number of aliphatic hydroxyl groups excluding tert-OH is 1. The van der Waals surface area contributed by atoms with E-state index in [0.29, 0.717) is 95.5 Å². The predicted octanol–water partition coefficient (Wildman–Crippen LogP) is 26.0. The first-order valence-corrected chi connectivity index (χ1v) is 48.7. The van der Waals surface area contributed by atoms with Crippen molar-refractivity contribution in [1.29, 1.82) is 0 Å². The number of aliphatic hydroxyl groups is 1. The first-order chi connectivity index (χ1) is 68.8. The van der Waals surface area contributed by atoms with Crippen LogP contribution in [-0.2, 0) is 81.1 Å². The molecule has 32 heteroatoms. The largest absolute Gasteiger partial charge is 0.493 e. The van der Waals surface area contributed by atoms with E-state index in [1.165, 1.54) is 88.9 Å². The molecule has 0 unspecified atom stereocenters. The lowest BCUT2D eigenvalue weighted by Gasteiger charge is -2.22. The van der Waals surface area contributed by atoms with E-state index in [4.69, 9.17) is 135 Å². The normalized spacial score (nSPS) is 10.9. The molecule has 12 aromatic carbocycles. The summed E-state index contributed by atoms with van der Waals surface area (Å²) in [6.45, 7) is 34.3. The zero-order valence-corrected chi connectivity index (χ0v) is 90.6. The molecule has 13 rings (SSSR count). The van der Waals surface area contributed by atoms with E-state index in [2.05, 4.69) is 57.2 Å². The number of hydrogen-bond acceptors (Lipinski definition) is 26. The van der Waals surface area contributed by atoms with E-state index in [1.54, 1.807) is 48.5 Å². The van der Waals surface area contributed by atoms with Gasteiger partial charge in [0, 0.05) is 27.8 Å². The van der Waals surface area contributed by atoms with Crippen LogP contribution < -0.4 is 63.5 Å². The van der Waals surface area contributed by atoms with Crippen molar-refractivity contribution in [3.63, 3.8) is 0 Å². The average Bonchev–Trinajstić information content (AvgIpc) is 1.70. The maximum Gasteiger partial charge on any atom is 0.288 e. The smallest absolute Gasteiger partial charge is 0.288 e. The minimum atomic E-state index is -0.174. The summed E-state index contributed by atoms with van der Waals surface area (Å²) < 4.78 is 71.1. The number of ether oxygens (including phenoxy) is 13. The maximum atomic E-state index is 10.4. The van der Waals surface area contributed by atoms with Crippen molar-refractivity contribution in [3.05, 3.63) is 346 Å². The van der Waals surface area contributed by atoms with E-state index < -0.39 is 0 Å². The summed E-state index contributed by atoms with van der Waals surface area (Å²) in [6, 6.07) is 69.5. The number of anilines is 6. The number of nitrogens with zero attached hydrogens (tertiary/aromatic N) is 6. The number of hydrogen-bond donors (Lipinski definition) is 7. The molecule has 1 fully saturated rings. The monoisotopic (exact) mass is 2070 g/mol. The molecular weight excluding hydrogens is 1940 g/mol. The summed E-state index contributed by atoms with van der Waals surface area (Å²) in [5, 5.41) is 76.1. The second kappa shape index (κ2) is 57.6. The van der Waals surface area contributed by atoms with Gasteiger partial charge in [0.15, 0.2) is 0 Å². The molecule has 1 aliphatic rings. The number of benzene rings is 12. The van der Waals surface area contributed by atoms with Crippen LogP contribution in [-0.4, -0.2) is 117 Å². The predicted molar refractivity (Wildman–Crippen MR) is 591 cm³/mol. The van der Waals surface area contributed by atoms with Crippen molar-refractivity contribution < 1.29 is 97.9 Å². The zero-order valence-electron chi connectivity index (χ0n) is 85.7. The Labute approximate surface area is 878 Å². The molecule has 26 nitrogen and oxygen atoms in total. The summed E-state index contributed by atoms with van der Waals surface area (Å²) in [4.78, 5) is 0. The average molecular weight is 2070 g/mol. The van der Waals surface area contributed by atoms with Crippen LogP contribution in [0.2, 0.25) is 0 Å². The fraction of sp³-hybridized carbons (Fsp3) is 0.304. The minimum absolute atomic E-state index is 0.00369. The van der Waals surface area contributed by atoms with Crippen LogP contribution in [0.25, 0.3) is 0 Å². The van der Waals surface area contributed by atoms with Gasteiger partial charge in [0.2, 0.25) is 0 Å². The Morgan fingerprint density at radius 3 is 0.750 bits per heavy atom. The summed E-state index contributed by atoms with van der Waals surface area (Å²) in [7, 11) is 8.51. The molecule has 0 bridgehead atoms. The van der Waals surface area contributed by atoms with Crippen LogP contribution >= 0.6 is 73.3 Å². The molecule has 1 saturated carbocycles. The van der Waals surface area contributed by atoms with Crippen LogP contribution in [0.5, 0.6) is 40.2 Å². The number of rotatable bonds is 29. The maximum absolute atomic E-state index is 10.4. The quantitative estimate of drug-likeness (QED) is 0.0169. The lowest BCUT2D eigenvalue weighted by Crippen LogP contribution is -2.28. The van der Waals surface area contributed by atoms with E-state index >= 15 is 0 Å². The van der Waals surface area contributed by atoms with Gasteiger partial charge in [0.1, 0.15) is 79.9 Å². The Kier molecular flexibility index (Phi) is 46.5. The van der Waals surface area contributed by atoms with Gasteiger partial charge in [0.05, 0.1) is 95.6 Å². The third kappa shape index (κ3) is 33.1. The number of aryl methyl sites for hydroxylation is 15. The van der Waals surface area contributed by atoms with E-state index in [0.717, 1.165) is 149 Å². The zero-order chi connectivity index (χ0) is 106. The Morgan fingerprint density at radius 2 is 0.486 bits per heavy atom. The Bertz CT molecular complexity index is 6140. The summed E-state index contributed by atoms with van der Waals surface area (Å²) >= 11 is 30.0. The molecule has 0 aliphatic heterocycles. The van der Waals surface area contributed by atoms with Gasteiger partial charge < -0.3 is 66.7 Å². The van der Waals surface area contributed by atoms with Crippen LogP contribution in [0.4, 0.5) is 34.1 Å². The molecule has 144 heavy (non-hydrogen) atoms. The van der Waals surface area contributed by atoms with Crippen molar-refractivity contribution in [2.24, 2.45) is 0 Å². The third-order valence-corrected chi connectivity index (χ3v) is 25.1. The van der Waals surface area contributed by atoms with E-state index in [1.807, 2.05) is 223 Å². The second-order valence-corrected chi connectivity index (χ2v) is 35.9. The minimum Gasteiger partial charge on any atom is -0.493 e. The summed E-state index contributed by atoms with van der Waals surface area (Å²) in [5.74, 6) is 6.01. The van der Waals surface area contributed by atoms with E-state index in [9.17, 15) is 36.4 Å². The van der Waals surface area contributed by atoms with Crippen LogP contribution in [0.1, 0.15) is 161 Å². The highest BCUT2D eigenvalue weighted by molar-refractivity contribution is 7.81. The SMILES string of the molecule is CCOc1cccc(N(O)C(=S)OC)c1COc1ccc(C)cc1C.CCc1cccc(N(O)C(=S)OC)c1COc1ccc(C)cc1C.COC(=S)N(O)c1cccc(C)c1COc1ccc(C)cc1C.COC(=S)N(O)c1cccc(C)c1COc1ccc(C)cc1C.COC(=S)N(O)c1cccc(C2CC2)c1COc1ccc(C)cc1C.COC(=S)N(O)c1cccc(CO)c1COc1ccc(C)cc1C. The van der Waals surface area contributed by atoms with Gasteiger partial charge in [-0.1, -0.05) is 180 Å². The molecule has 0 saturated heterocycles. The summed E-state index contributed by atoms with van der Waals surface area (Å²) in [5.41, 5.74) is 26.5. The number of thiocarbonyl (C=S) groups is 6. The van der Waals surface area contributed by atoms with Crippen LogP contribution in [0.3, 0.4) is 0 Å². The molecule has 0 atom stereocenters. The fourth-order valence-corrected chi connectivity index (χ4v) is 15.9. The molecule has 0 heterocycles. The Balaban J connectivity index is 0.000000211. The number of methoxy groups -OCH3 is 6. The molecule has 0 spiro atoms. The molecule has 766 valence electrons. The van der Waals surface area contributed by atoms with E-state index in [-0.39, 0.29) is 50.9 Å². The highest BCUT2D eigenvalue weighted by Gasteiger charge is 2.31. The number of hydroxylamine groups is 6. The molecule has 0 radical (unpaired) electrons. The van der Waals surface area contributed by atoms with Gasteiger partial charge in [-0.15, -0.1) is 0 Å². The van der Waals surface area contributed by atoms with Crippen LogP contribution in [0.15, 0.2) is 218 Å². The first-order valence-electron chi connectivity index (χ1n) is 46.3. The highest BCUT2D eigenvalue weighted by Crippen LogP contribution is 2.45.